The Kier molecular flexibility index (Phi) is 7.49. The first kappa shape index (κ1) is 22.3. The first-order valence-corrected chi connectivity index (χ1v) is 11.0. The molecule has 1 aromatic carbocycles. The van der Waals surface area contributed by atoms with Gasteiger partial charge in [0, 0.05) is 25.2 Å². The van der Waals surface area contributed by atoms with Crippen molar-refractivity contribution in [2.24, 2.45) is 17.8 Å². The van der Waals surface area contributed by atoms with Crippen molar-refractivity contribution in [2.75, 3.05) is 0 Å². The van der Waals surface area contributed by atoms with Crippen molar-refractivity contribution >= 4 is 33.7 Å². The van der Waals surface area contributed by atoms with Crippen molar-refractivity contribution in [1.29, 1.82) is 0 Å². The second kappa shape index (κ2) is 10.1. The molecular formula is C24H25BrO5. The van der Waals surface area contributed by atoms with Gasteiger partial charge in [0.05, 0.1) is 22.4 Å². The zero-order valence-corrected chi connectivity index (χ0v) is 18.7. The standard InChI is InChI=1S/C24H25BrO5/c1-3-4-6-9-15(2)12-18(25)23(27)22-17-13-21(26)29-19(17)14-20(22)30-24(28)16-10-7-5-8-11-16/h5,7-8,10-12,15,17,19-20,22H,3,9,13-14H2,1-2H3/b18-12-/t15-,17-,19-,20+,22+/m0/s1. The van der Waals surface area contributed by atoms with Crippen molar-refractivity contribution in [1.82, 2.24) is 0 Å². The molecule has 2 fully saturated rings. The Morgan fingerprint density at radius 3 is 2.73 bits per heavy atom. The van der Waals surface area contributed by atoms with Gasteiger partial charge in [-0.2, -0.15) is 0 Å². The predicted molar refractivity (Wildman–Crippen MR) is 116 cm³/mol. The summed E-state index contributed by atoms with van der Waals surface area (Å²) in [5.74, 6) is 4.35. The number of carbonyl (C=O) groups is 3. The van der Waals surface area contributed by atoms with Crippen LogP contribution in [0.2, 0.25) is 0 Å². The van der Waals surface area contributed by atoms with E-state index in [9.17, 15) is 14.4 Å². The number of rotatable bonds is 6. The highest BCUT2D eigenvalue weighted by atomic mass is 79.9. The van der Waals surface area contributed by atoms with E-state index in [0.717, 1.165) is 6.42 Å². The van der Waals surface area contributed by atoms with Crippen LogP contribution >= 0.6 is 15.9 Å². The van der Waals surface area contributed by atoms with Gasteiger partial charge in [-0.25, -0.2) is 4.79 Å². The molecule has 1 saturated carbocycles. The molecule has 0 radical (unpaired) electrons. The molecule has 2 aliphatic rings. The van der Waals surface area contributed by atoms with Gasteiger partial charge >= 0.3 is 11.9 Å². The molecule has 1 heterocycles. The second-order valence-corrected chi connectivity index (χ2v) is 8.59. The minimum atomic E-state index is -0.635. The number of benzene rings is 1. The molecule has 158 valence electrons. The molecule has 1 saturated heterocycles. The predicted octanol–water partition coefficient (Wildman–Crippen LogP) is 4.45. The van der Waals surface area contributed by atoms with E-state index in [4.69, 9.17) is 9.47 Å². The van der Waals surface area contributed by atoms with Crippen LogP contribution in [0.4, 0.5) is 0 Å². The Morgan fingerprint density at radius 2 is 2.03 bits per heavy atom. The van der Waals surface area contributed by atoms with Crippen molar-refractivity contribution < 1.29 is 23.9 Å². The monoisotopic (exact) mass is 472 g/mol. The molecule has 0 amide bonds. The molecule has 0 spiro atoms. The van der Waals surface area contributed by atoms with E-state index in [0.29, 0.717) is 22.9 Å². The maximum atomic E-state index is 13.3. The van der Waals surface area contributed by atoms with Crippen LogP contribution in [0, 0.1) is 29.6 Å². The van der Waals surface area contributed by atoms with Crippen LogP contribution in [0.15, 0.2) is 40.9 Å². The van der Waals surface area contributed by atoms with Gasteiger partial charge < -0.3 is 9.47 Å². The minimum absolute atomic E-state index is 0.0892. The van der Waals surface area contributed by atoms with Gasteiger partial charge in [0.25, 0.3) is 0 Å². The van der Waals surface area contributed by atoms with Gasteiger partial charge in [-0.15, -0.1) is 11.8 Å². The molecule has 3 rings (SSSR count). The first-order chi connectivity index (χ1) is 14.4. The molecule has 30 heavy (non-hydrogen) atoms. The van der Waals surface area contributed by atoms with Crippen LogP contribution in [0.5, 0.6) is 0 Å². The van der Waals surface area contributed by atoms with Gasteiger partial charge in [0.15, 0.2) is 5.78 Å². The number of ether oxygens (including phenoxy) is 2. The van der Waals surface area contributed by atoms with Gasteiger partial charge in [0.1, 0.15) is 12.2 Å². The molecule has 0 aromatic heterocycles. The number of esters is 2. The van der Waals surface area contributed by atoms with Crippen LogP contribution in [0.3, 0.4) is 0 Å². The van der Waals surface area contributed by atoms with E-state index in [1.165, 1.54) is 0 Å². The summed E-state index contributed by atoms with van der Waals surface area (Å²) in [5, 5.41) is 0. The molecule has 1 aromatic rings. The van der Waals surface area contributed by atoms with Crippen molar-refractivity contribution in [2.45, 2.75) is 51.7 Å². The fourth-order valence-electron chi connectivity index (χ4n) is 4.03. The third-order valence-electron chi connectivity index (χ3n) is 5.45. The van der Waals surface area contributed by atoms with Gasteiger partial charge in [-0.3, -0.25) is 9.59 Å². The van der Waals surface area contributed by atoms with E-state index in [-0.39, 0.29) is 30.0 Å². The lowest BCUT2D eigenvalue weighted by atomic mass is 9.87. The number of halogens is 1. The number of hydrogen-bond donors (Lipinski definition) is 0. The van der Waals surface area contributed by atoms with Crippen molar-refractivity contribution in [3.63, 3.8) is 0 Å². The molecule has 1 aliphatic heterocycles. The second-order valence-electron chi connectivity index (χ2n) is 7.73. The molecule has 1 aliphatic carbocycles. The third-order valence-corrected chi connectivity index (χ3v) is 6.11. The summed E-state index contributed by atoms with van der Waals surface area (Å²) < 4.78 is 11.5. The molecule has 5 nitrogen and oxygen atoms in total. The number of Topliss-reactive ketones (excluding diaryl/α,β-unsaturated/α-hetero) is 1. The Balaban J connectivity index is 1.77. The van der Waals surface area contributed by atoms with Crippen LogP contribution in [0.25, 0.3) is 0 Å². The third kappa shape index (κ3) is 5.20. The maximum absolute atomic E-state index is 13.3. The van der Waals surface area contributed by atoms with Crippen molar-refractivity contribution in [3.8, 4) is 11.8 Å². The maximum Gasteiger partial charge on any atom is 0.338 e. The number of hydrogen-bond acceptors (Lipinski definition) is 5. The lowest BCUT2D eigenvalue weighted by Gasteiger charge is -2.22. The first-order valence-electron chi connectivity index (χ1n) is 10.2. The number of fused-ring (bicyclic) bond motifs is 1. The summed E-state index contributed by atoms with van der Waals surface area (Å²) in [6.07, 6.45) is 2.76. The largest absolute Gasteiger partial charge is 0.462 e. The SMILES string of the molecule is CCC#CC[C@H](C)/C=C(\Br)C(=O)[C@@H]1[C@H]2CC(=O)O[C@H]2C[C@H]1OC(=O)c1ccccc1. The van der Waals surface area contributed by atoms with Gasteiger partial charge in [-0.05, 0) is 34.0 Å². The van der Waals surface area contributed by atoms with E-state index in [1.807, 2.05) is 26.0 Å². The lowest BCUT2D eigenvalue weighted by molar-refractivity contribution is -0.141. The van der Waals surface area contributed by atoms with E-state index >= 15 is 0 Å². The molecule has 0 bridgehead atoms. The minimum Gasteiger partial charge on any atom is -0.462 e. The molecular weight excluding hydrogens is 448 g/mol. The zero-order chi connectivity index (χ0) is 21.7. The number of ketones is 1. The summed E-state index contributed by atoms with van der Waals surface area (Å²) in [6.45, 7) is 3.98. The number of carbonyl (C=O) groups excluding carboxylic acids is 3. The molecule has 5 atom stereocenters. The average Bonchev–Trinajstić information content (AvgIpc) is 3.23. The summed E-state index contributed by atoms with van der Waals surface area (Å²) in [7, 11) is 0. The smallest absolute Gasteiger partial charge is 0.338 e. The molecule has 6 heteroatoms. The van der Waals surface area contributed by atoms with Gasteiger partial charge in [0.2, 0.25) is 0 Å². The normalized spacial score (nSPS) is 26.2. The van der Waals surface area contributed by atoms with Crippen molar-refractivity contribution in [3.05, 3.63) is 46.5 Å². The Hall–Kier alpha value is -2.39. The highest BCUT2D eigenvalue weighted by molar-refractivity contribution is 9.12. The number of allylic oxidation sites excluding steroid dienone is 2. The van der Waals surface area contributed by atoms with E-state index in [1.54, 1.807) is 24.3 Å². The topological polar surface area (TPSA) is 69.7 Å². The summed E-state index contributed by atoms with van der Waals surface area (Å²) in [6, 6.07) is 8.67. The highest BCUT2D eigenvalue weighted by Crippen LogP contribution is 2.45. The van der Waals surface area contributed by atoms with Crippen LogP contribution < -0.4 is 0 Å². The molecule has 0 unspecified atom stereocenters. The fourth-order valence-corrected chi connectivity index (χ4v) is 4.75. The van der Waals surface area contributed by atoms with E-state index < -0.39 is 24.1 Å². The zero-order valence-electron chi connectivity index (χ0n) is 17.1. The Bertz CT molecular complexity index is 895. The highest BCUT2D eigenvalue weighted by Gasteiger charge is 2.54. The van der Waals surface area contributed by atoms with Gasteiger partial charge in [-0.1, -0.05) is 38.1 Å². The average molecular weight is 473 g/mol. The van der Waals surface area contributed by atoms with Crippen LogP contribution in [0.1, 0.15) is 49.9 Å². The summed E-state index contributed by atoms with van der Waals surface area (Å²) >= 11 is 3.41. The summed E-state index contributed by atoms with van der Waals surface area (Å²) in [4.78, 5) is 37.6. The fraction of sp³-hybridized carbons (Fsp3) is 0.458. The Labute approximate surface area is 185 Å². The lowest BCUT2D eigenvalue weighted by Crippen LogP contribution is -2.32. The summed E-state index contributed by atoms with van der Waals surface area (Å²) in [5.41, 5.74) is 0.426. The molecule has 0 N–H and O–H groups in total. The van der Waals surface area contributed by atoms with E-state index in [2.05, 4.69) is 27.8 Å². The quantitative estimate of drug-likeness (QED) is 0.347. The van der Waals surface area contributed by atoms with Crippen LogP contribution in [-0.4, -0.2) is 29.9 Å². The van der Waals surface area contributed by atoms with Crippen LogP contribution in [-0.2, 0) is 19.1 Å². The Morgan fingerprint density at radius 1 is 1.30 bits per heavy atom.